The Kier molecular flexibility index (Phi) is 4.65. The Morgan fingerprint density at radius 3 is 2.71 bits per heavy atom. The molecule has 0 unspecified atom stereocenters. The van der Waals surface area contributed by atoms with Gasteiger partial charge in [0.25, 0.3) is 0 Å². The van der Waals surface area contributed by atoms with Crippen molar-refractivity contribution in [3.05, 3.63) is 63.9 Å². The van der Waals surface area contributed by atoms with Crippen molar-refractivity contribution in [2.45, 2.75) is 13.5 Å². The van der Waals surface area contributed by atoms with Gasteiger partial charge in [0.15, 0.2) is 5.84 Å². The lowest BCUT2D eigenvalue weighted by molar-refractivity contribution is 0.305. The van der Waals surface area contributed by atoms with Gasteiger partial charge >= 0.3 is 0 Å². The molecule has 3 N–H and O–H groups in total. The predicted molar refractivity (Wildman–Crippen MR) is 79.4 cm³/mol. The highest BCUT2D eigenvalue weighted by Crippen LogP contribution is 2.22. The van der Waals surface area contributed by atoms with Crippen molar-refractivity contribution < 1.29 is 14.3 Å². The minimum atomic E-state index is -0.483. The van der Waals surface area contributed by atoms with Gasteiger partial charge in [-0.2, -0.15) is 0 Å². The van der Waals surface area contributed by atoms with Crippen LogP contribution < -0.4 is 10.5 Å². The summed E-state index contributed by atoms with van der Waals surface area (Å²) < 4.78 is 18.6. The molecule has 2 aromatic carbocycles. The van der Waals surface area contributed by atoms with Crippen molar-refractivity contribution in [1.29, 1.82) is 0 Å². The first kappa shape index (κ1) is 15.1. The van der Waals surface area contributed by atoms with Gasteiger partial charge in [0, 0.05) is 11.6 Å². The molecule has 0 atom stereocenters. The van der Waals surface area contributed by atoms with Crippen molar-refractivity contribution in [3.8, 4) is 5.75 Å². The van der Waals surface area contributed by atoms with Crippen LogP contribution in [0.5, 0.6) is 5.75 Å². The number of oxime groups is 1. The Morgan fingerprint density at radius 2 is 2.10 bits per heavy atom. The fourth-order valence-corrected chi connectivity index (χ4v) is 1.97. The van der Waals surface area contributed by atoms with Gasteiger partial charge in [0.2, 0.25) is 0 Å². The third-order valence-electron chi connectivity index (χ3n) is 3.03. The minimum Gasteiger partial charge on any atom is -0.489 e. The van der Waals surface area contributed by atoms with E-state index in [2.05, 4.69) is 5.16 Å². The van der Waals surface area contributed by atoms with Crippen LogP contribution in [0.2, 0.25) is 5.02 Å². The molecule has 0 aliphatic heterocycles. The normalized spacial score (nSPS) is 11.5. The molecule has 0 radical (unpaired) electrons. The molecule has 110 valence electrons. The lowest BCUT2D eigenvalue weighted by Gasteiger charge is -2.10. The first-order valence-corrected chi connectivity index (χ1v) is 6.54. The van der Waals surface area contributed by atoms with E-state index in [1.165, 1.54) is 18.2 Å². The van der Waals surface area contributed by atoms with Crippen LogP contribution in [0.3, 0.4) is 0 Å². The number of nitrogens with two attached hydrogens (primary N) is 1. The first-order chi connectivity index (χ1) is 10.0. The molecule has 0 saturated carbocycles. The Balaban J connectivity index is 2.11. The number of nitrogens with zero attached hydrogens (tertiary/aromatic N) is 1. The fraction of sp³-hybridized carbons (Fsp3) is 0.133. The maximum absolute atomic E-state index is 13.0. The second-order valence-electron chi connectivity index (χ2n) is 4.49. The summed E-state index contributed by atoms with van der Waals surface area (Å²) in [5.41, 5.74) is 8.03. The molecule has 0 aliphatic rings. The number of ether oxygens (including phenoxy) is 1. The lowest BCUT2D eigenvalue weighted by Crippen LogP contribution is -2.13. The minimum absolute atomic E-state index is 0.0199. The van der Waals surface area contributed by atoms with E-state index >= 15 is 0 Å². The zero-order valence-corrected chi connectivity index (χ0v) is 12.1. The van der Waals surface area contributed by atoms with Crippen LogP contribution in [0.25, 0.3) is 0 Å². The number of rotatable bonds is 4. The summed E-state index contributed by atoms with van der Waals surface area (Å²) in [5, 5.41) is 11.6. The number of aryl methyl sites for hydroxylation is 1. The predicted octanol–water partition coefficient (Wildman–Crippen LogP) is 3.46. The molecule has 6 heteroatoms. The standard InChI is InChI=1S/C15H14ClFN2O2/c1-9-6-10(15(18)19-20)2-3-11(9)8-21-12-4-5-14(17)13(16)7-12/h2-7,20H,8H2,1H3,(H2,18,19). The van der Waals surface area contributed by atoms with Crippen molar-refractivity contribution in [1.82, 2.24) is 0 Å². The third-order valence-corrected chi connectivity index (χ3v) is 3.32. The van der Waals surface area contributed by atoms with Crippen LogP contribution in [0, 0.1) is 12.7 Å². The molecule has 4 nitrogen and oxygen atoms in total. The number of benzene rings is 2. The summed E-state index contributed by atoms with van der Waals surface area (Å²) in [6.07, 6.45) is 0. The van der Waals surface area contributed by atoms with E-state index < -0.39 is 5.82 Å². The van der Waals surface area contributed by atoms with E-state index in [0.717, 1.165) is 11.1 Å². The summed E-state index contributed by atoms with van der Waals surface area (Å²) in [6, 6.07) is 9.56. The second kappa shape index (κ2) is 6.45. The van der Waals surface area contributed by atoms with Crippen LogP contribution in [0.4, 0.5) is 4.39 Å². The average Bonchev–Trinajstić information content (AvgIpc) is 2.48. The van der Waals surface area contributed by atoms with Gasteiger partial charge in [-0.15, -0.1) is 0 Å². The molecule has 0 bridgehead atoms. The molecule has 0 aromatic heterocycles. The molecule has 0 heterocycles. The van der Waals surface area contributed by atoms with Gasteiger partial charge in [0.05, 0.1) is 5.02 Å². The fourth-order valence-electron chi connectivity index (χ4n) is 1.80. The maximum atomic E-state index is 13.0. The zero-order chi connectivity index (χ0) is 15.4. The third kappa shape index (κ3) is 3.64. The summed E-state index contributed by atoms with van der Waals surface area (Å²) in [7, 11) is 0. The summed E-state index contributed by atoms with van der Waals surface area (Å²) >= 11 is 5.69. The number of halogens is 2. The van der Waals surface area contributed by atoms with E-state index in [4.69, 9.17) is 27.3 Å². The highest BCUT2D eigenvalue weighted by molar-refractivity contribution is 6.30. The second-order valence-corrected chi connectivity index (χ2v) is 4.90. The Bertz CT molecular complexity index is 689. The van der Waals surface area contributed by atoms with Gasteiger partial charge in [-0.25, -0.2) is 4.39 Å². The Morgan fingerprint density at radius 1 is 1.33 bits per heavy atom. The zero-order valence-electron chi connectivity index (χ0n) is 11.3. The van der Waals surface area contributed by atoms with E-state index in [1.807, 2.05) is 13.0 Å². The largest absolute Gasteiger partial charge is 0.489 e. The number of hydrogen-bond donors (Lipinski definition) is 2. The molecule has 2 rings (SSSR count). The quantitative estimate of drug-likeness (QED) is 0.393. The maximum Gasteiger partial charge on any atom is 0.170 e. The first-order valence-electron chi connectivity index (χ1n) is 6.16. The molecular weight excluding hydrogens is 295 g/mol. The van der Waals surface area contributed by atoms with Gasteiger partial charge < -0.3 is 15.7 Å². The molecule has 2 aromatic rings. The van der Waals surface area contributed by atoms with Crippen molar-refractivity contribution in [2.75, 3.05) is 0 Å². The van der Waals surface area contributed by atoms with Crippen LogP contribution in [-0.4, -0.2) is 11.0 Å². The monoisotopic (exact) mass is 308 g/mol. The topological polar surface area (TPSA) is 67.8 Å². The van der Waals surface area contributed by atoms with Crippen molar-refractivity contribution in [2.24, 2.45) is 10.9 Å². The van der Waals surface area contributed by atoms with Gasteiger partial charge in [-0.3, -0.25) is 0 Å². The van der Waals surface area contributed by atoms with Crippen LogP contribution >= 0.6 is 11.6 Å². The molecular formula is C15H14ClFN2O2. The van der Waals surface area contributed by atoms with Crippen LogP contribution in [-0.2, 0) is 6.61 Å². The van der Waals surface area contributed by atoms with Crippen molar-refractivity contribution >= 4 is 17.4 Å². The average molecular weight is 309 g/mol. The summed E-state index contributed by atoms with van der Waals surface area (Å²) in [5.74, 6) is 0.0560. The lowest BCUT2D eigenvalue weighted by atomic mass is 10.1. The highest BCUT2D eigenvalue weighted by atomic mass is 35.5. The number of amidine groups is 1. The molecule has 0 saturated heterocycles. The van der Waals surface area contributed by atoms with Gasteiger partial charge in [-0.1, -0.05) is 28.9 Å². The summed E-state index contributed by atoms with van der Waals surface area (Å²) in [6.45, 7) is 2.20. The molecule has 0 spiro atoms. The van der Waals surface area contributed by atoms with Crippen LogP contribution in [0.15, 0.2) is 41.6 Å². The van der Waals surface area contributed by atoms with Gasteiger partial charge in [0.1, 0.15) is 18.2 Å². The molecule has 21 heavy (non-hydrogen) atoms. The van der Waals surface area contributed by atoms with E-state index in [-0.39, 0.29) is 10.9 Å². The SMILES string of the molecule is Cc1cc(/C(N)=N/O)ccc1COc1ccc(F)c(Cl)c1. The van der Waals surface area contributed by atoms with E-state index in [0.29, 0.717) is 17.9 Å². The molecule has 0 fully saturated rings. The Hall–Kier alpha value is -2.27. The van der Waals surface area contributed by atoms with E-state index in [9.17, 15) is 4.39 Å². The Labute approximate surface area is 126 Å². The smallest absolute Gasteiger partial charge is 0.170 e. The van der Waals surface area contributed by atoms with E-state index in [1.54, 1.807) is 12.1 Å². The number of hydrogen-bond acceptors (Lipinski definition) is 3. The van der Waals surface area contributed by atoms with Gasteiger partial charge in [-0.05, 0) is 36.2 Å². The molecule has 0 amide bonds. The molecule has 0 aliphatic carbocycles. The van der Waals surface area contributed by atoms with Crippen LogP contribution in [0.1, 0.15) is 16.7 Å². The summed E-state index contributed by atoms with van der Waals surface area (Å²) in [4.78, 5) is 0. The van der Waals surface area contributed by atoms with Crippen molar-refractivity contribution in [3.63, 3.8) is 0 Å². The highest BCUT2D eigenvalue weighted by Gasteiger charge is 2.06.